The summed E-state index contributed by atoms with van der Waals surface area (Å²) in [6.45, 7) is 0.927. The summed E-state index contributed by atoms with van der Waals surface area (Å²) in [6.07, 6.45) is 12.3. The van der Waals surface area contributed by atoms with Crippen molar-refractivity contribution >= 4 is 16.3 Å². The third-order valence-electron chi connectivity index (χ3n) is 3.15. The minimum absolute atomic E-state index is 0. The molecule has 2 heteroatoms. The average molecular weight is 245 g/mol. The van der Waals surface area contributed by atoms with E-state index in [0.29, 0.717) is 0 Å². The van der Waals surface area contributed by atoms with E-state index in [9.17, 15) is 0 Å². The lowest BCUT2D eigenvalue weighted by Gasteiger charge is -2.31. The lowest BCUT2D eigenvalue weighted by atomic mass is 10.1. The van der Waals surface area contributed by atoms with Gasteiger partial charge in [0, 0.05) is 16.8 Å². The van der Waals surface area contributed by atoms with E-state index in [1.165, 1.54) is 24.8 Å². The second kappa shape index (κ2) is 5.99. The van der Waals surface area contributed by atoms with Gasteiger partial charge in [-0.2, -0.15) is 0 Å². The highest BCUT2D eigenvalue weighted by Crippen LogP contribution is 2.22. The summed E-state index contributed by atoms with van der Waals surface area (Å²) in [5.41, 5.74) is 1.24. The van der Waals surface area contributed by atoms with Crippen molar-refractivity contribution in [3.8, 4) is 0 Å². The maximum absolute atomic E-state index is 5.86. The highest BCUT2D eigenvalue weighted by molar-refractivity contribution is 6.16. The number of allylic oxidation sites excluding steroid dienone is 2. The van der Waals surface area contributed by atoms with E-state index in [1.54, 1.807) is 0 Å². The maximum Gasteiger partial charge on any atom is 1.00 e. The van der Waals surface area contributed by atoms with Gasteiger partial charge in [0.25, 0.3) is 0 Å². The van der Waals surface area contributed by atoms with Gasteiger partial charge in [0.2, 0.25) is 0 Å². The fourth-order valence-electron chi connectivity index (χ4n) is 2.08. The molecule has 1 aliphatic rings. The van der Waals surface area contributed by atoms with Crippen LogP contribution in [0.1, 0.15) is 26.3 Å². The molecule has 1 aliphatic heterocycles. The van der Waals surface area contributed by atoms with Gasteiger partial charge in [0.1, 0.15) is 0 Å². The van der Waals surface area contributed by atoms with Crippen LogP contribution in [0, 0.1) is 0 Å². The first-order valence-corrected chi connectivity index (χ1v) is 7.33. The largest absolute Gasteiger partial charge is 1.00 e. The van der Waals surface area contributed by atoms with Crippen LogP contribution in [0.3, 0.4) is 0 Å². The Morgan fingerprint density at radius 3 is 2.71 bits per heavy atom. The fourth-order valence-corrected chi connectivity index (χ4v) is 2.83. The first kappa shape index (κ1) is 12.3. The first-order chi connectivity index (χ1) is 8.29. The highest BCUT2D eigenvalue weighted by Gasteiger charge is 2.23. The lowest BCUT2D eigenvalue weighted by molar-refractivity contribution is 0.0154. The fraction of sp³-hybridized carbons (Fsp3) is 0.333. The van der Waals surface area contributed by atoms with E-state index in [-0.39, 0.29) is 6.65 Å². The van der Waals surface area contributed by atoms with Gasteiger partial charge in [0.05, 0.1) is 5.22 Å². The zero-order valence-electron chi connectivity index (χ0n) is 11.4. The van der Waals surface area contributed by atoms with Gasteiger partial charge >= 0.3 is 1.43 Å². The monoisotopic (exact) mass is 245 g/mol. The van der Waals surface area contributed by atoms with Crippen LogP contribution in [-0.2, 0) is 4.74 Å². The summed E-state index contributed by atoms with van der Waals surface area (Å²) in [5.74, 6) is 0. The van der Waals surface area contributed by atoms with Crippen LogP contribution in [0.5, 0.6) is 0 Å². The second-order valence-corrected chi connectivity index (χ2v) is 6.44. The van der Waals surface area contributed by atoms with Gasteiger partial charge in [-0.3, -0.25) is 0 Å². The van der Waals surface area contributed by atoms with Crippen LogP contribution < -0.4 is 0 Å². The molecule has 1 fully saturated rings. The molecule has 0 bridgehead atoms. The molecule has 2 rings (SSSR count). The number of hydrogen-bond acceptors (Lipinski definition) is 1. The van der Waals surface area contributed by atoms with E-state index < -0.39 is 0 Å². The van der Waals surface area contributed by atoms with Gasteiger partial charge in [-0.15, -0.1) is 0 Å². The Kier molecular flexibility index (Phi) is 4.34. The molecule has 0 amide bonds. The van der Waals surface area contributed by atoms with E-state index in [0.717, 1.165) is 16.8 Å². The molecule has 17 heavy (non-hydrogen) atoms. The number of benzene rings is 1. The van der Waals surface area contributed by atoms with E-state index in [2.05, 4.69) is 48.6 Å². The smallest absolute Gasteiger partial charge is 0.376 e. The molecule has 0 saturated carbocycles. The van der Waals surface area contributed by atoms with Crippen molar-refractivity contribution < 1.29 is 6.16 Å². The van der Waals surface area contributed by atoms with Crippen LogP contribution in [0.4, 0.5) is 0 Å². The number of rotatable bonds is 3. The molecule has 1 nitrogen and oxygen atoms in total. The predicted molar refractivity (Wildman–Crippen MR) is 78.2 cm³/mol. The van der Waals surface area contributed by atoms with Gasteiger partial charge in [0.15, 0.2) is 0 Å². The molecule has 1 atom stereocenters. The van der Waals surface area contributed by atoms with Crippen molar-refractivity contribution in [2.45, 2.75) is 24.5 Å². The van der Waals surface area contributed by atoms with Crippen LogP contribution in [-0.4, -0.2) is 22.1 Å². The van der Waals surface area contributed by atoms with Gasteiger partial charge in [-0.1, -0.05) is 54.6 Å². The molecule has 90 valence electrons. The maximum atomic E-state index is 5.86. The summed E-state index contributed by atoms with van der Waals surface area (Å²) in [5, 5.41) is 0.0826. The number of hydrogen-bond donors (Lipinski definition) is 0. The Hall–Kier alpha value is -1.12. The molecule has 0 spiro atoms. The molecule has 0 radical (unpaired) electrons. The zero-order valence-corrected chi connectivity index (χ0v) is 12.4. The number of ether oxygens (including phenoxy) is 1. The molecule has 0 aromatic heterocycles. The van der Waals surface area contributed by atoms with Crippen molar-refractivity contribution in [3.63, 3.8) is 0 Å². The third kappa shape index (κ3) is 3.99. The molecular weight excluding hydrogens is 224 g/mol. The van der Waals surface area contributed by atoms with E-state index in [1.807, 2.05) is 6.07 Å². The van der Waals surface area contributed by atoms with Crippen molar-refractivity contribution in [2.24, 2.45) is 0 Å². The minimum Gasteiger partial charge on any atom is -0.376 e. The molecule has 1 saturated heterocycles. The summed E-state index contributed by atoms with van der Waals surface area (Å²) < 4.78 is 5.86. The molecule has 0 N–H and O–H groups in total. The molecule has 1 aromatic carbocycles. The minimum atomic E-state index is 0. The Morgan fingerprint density at radius 2 is 2.00 bits per heavy atom. The molecule has 1 aromatic rings. The standard InChI is InChI=1S/C15H20OSi/c17-15(12-6-7-13-16-15)11-5-4-10-14-8-2-1-3-9-14/h1-5,8-11H,6-7,12-13H2,17H3/p+1. The Bertz CT molecular complexity index is 394. The normalized spacial score (nSPS) is 25.9. The molecule has 0 aliphatic carbocycles. The highest BCUT2D eigenvalue weighted by atomic mass is 28.1. The topological polar surface area (TPSA) is 9.23 Å². The van der Waals surface area contributed by atoms with E-state index in [4.69, 9.17) is 4.74 Å². The van der Waals surface area contributed by atoms with Crippen LogP contribution in [0.15, 0.2) is 48.6 Å². The first-order valence-electron chi connectivity index (χ1n) is 6.33. The van der Waals surface area contributed by atoms with Crippen LogP contribution in [0.25, 0.3) is 6.08 Å². The predicted octanol–water partition coefficient (Wildman–Crippen LogP) is 2.63. The zero-order chi connectivity index (χ0) is 12.0. The molecule has 1 unspecified atom stereocenters. The van der Waals surface area contributed by atoms with Crippen molar-refractivity contribution in [2.75, 3.05) is 6.61 Å². The average Bonchev–Trinajstić information content (AvgIpc) is 2.37. The van der Waals surface area contributed by atoms with E-state index >= 15 is 0 Å². The van der Waals surface area contributed by atoms with Crippen LogP contribution in [0.2, 0.25) is 0 Å². The summed E-state index contributed by atoms with van der Waals surface area (Å²) in [4.78, 5) is 0. The Labute approximate surface area is 108 Å². The molecular formula is C15H21OSi+. The lowest BCUT2D eigenvalue weighted by Crippen LogP contribution is -2.34. The van der Waals surface area contributed by atoms with Crippen LogP contribution >= 0.6 is 0 Å². The SMILES string of the molecule is [H+].[SiH3]C1(C=CC=Cc2ccccc2)CCCCO1. The summed E-state index contributed by atoms with van der Waals surface area (Å²) in [7, 11) is 1.07. The van der Waals surface area contributed by atoms with Crippen molar-refractivity contribution in [3.05, 3.63) is 54.1 Å². The summed E-state index contributed by atoms with van der Waals surface area (Å²) >= 11 is 0. The molecule has 1 heterocycles. The second-order valence-electron chi connectivity index (χ2n) is 4.75. The van der Waals surface area contributed by atoms with Gasteiger partial charge in [-0.05, 0) is 24.8 Å². The third-order valence-corrected chi connectivity index (χ3v) is 4.27. The Morgan fingerprint density at radius 1 is 1.18 bits per heavy atom. The van der Waals surface area contributed by atoms with Gasteiger partial charge in [-0.25, -0.2) is 0 Å². The van der Waals surface area contributed by atoms with Crippen molar-refractivity contribution in [1.82, 2.24) is 0 Å². The van der Waals surface area contributed by atoms with Gasteiger partial charge < -0.3 is 4.74 Å². The Balaban J connectivity index is 0.00000162. The quantitative estimate of drug-likeness (QED) is 0.587. The summed E-state index contributed by atoms with van der Waals surface area (Å²) in [6, 6.07) is 10.4. The van der Waals surface area contributed by atoms with Crippen molar-refractivity contribution in [1.29, 1.82) is 0 Å².